The van der Waals surface area contributed by atoms with E-state index in [4.69, 9.17) is 14.2 Å². The van der Waals surface area contributed by atoms with Crippen molar-refractivity contribution in [3.63, 3.8) is 0 Å². The molecule has 0 radical (unpaired) electrons. The van der Waals surface area contributed by atoms with Gasteiger partial charge in [-0.2, -0.15) is 0 Å². The molecule has 0 aromatic carbocycles. The molecule has 0 spiro atoms. The van der Waals surface area contributed by atoms with Gasteiger partial charge in [0.2, 0.25) is 0 Å². The number of carbonyl (C=O) groups is 3. The summed E-state index contributed by atoms with van der Waals surface area (Å²) in [6.45, 7) is 9.05. The highest BCUT2D eigenvalue weighted by atomic mass is 16.6. The second kappa shape index (κ2) is 53.4. The standard InChI is InChI=1S/C59H114O6/c1-5-7-9-11-13-15-17-19-21-22-23-24-25-27-31-35-39-43-47-51-58(61)64-54-56(65-59(62)52-48-44-40-36-32-28-29-33-37-41-45-49-55(3)4)53-63-57(60)50-46-42-38-34-30-26-20-18-16-14-12-10-8-6-2/h55-56H,5-54H2,1-4H3/t56-/m1/s1. The summed E-state index contributed by atoms with van der Waals surface area (Å²) in [6, 6.07) is 0. The maximum Gasteiger partial charge on any atom is 0.306 e. The number of rotatable bonds is 54. The molecule has 0 saturated heterocycles. The van der Waals surface area contributed by atoms with Crippen molar-refractivity contribution in [3.8, 4) is 0 Å². The van der Waals surface area contributed by atoms with Gasteiger partial charge in [0.05, 0.1) is 0 Å². The lowest BCUT2D eigenvalue weighted by molar-refractivity contribution is -0.167. The van der Waals surface area contributed by atoms with Crippen LogP contribution in [-0.4, -0.2) is 37.2 Å². The van der Waals surface area contributed by atoms with Crippen LogP contribution in [0.4, 0.5) is 0 Å². The molecule has 65 heavy (non-hydrogen) atoms. The first-order chi connectivity index (χ1) is 31.9. The third-order valence-electron chi connectivity index (χ3n) is 13.5. The molecule has 0 aromatic rings. The second-order valence-corrected chi connectivity index (χ2v) is 20.8. The quantitative estimate of drug-likeness (QED) is 0.0344. The molecular weight excluding hydrogens is 805 g/mol. The van der Waals surface area contributed by atoms with Crippen molar-refractivity contribution in [1.82, 2.24) is 0 Å². The Morgan fingerprint density at radius 3 is 0.754 bits per heavy atom. The van der Waals surface area contributed by atoms with Gasteiger partial charge in [0, 0.05) is 19.3 Å². The molecule has 1 atom stereocenters. The van der Waals surface area contributed by atoms with E-state index in [9.17, 15) is 14.4 Å². The second-order valence-electron chi connectivity index (χ2n) is 20.8. The summed E-state index contributed by atoms with van der Waals surface area (Å²) in [5.74, 6) is -0.0104. The normalized spacial score (nSPS) is 12.0. The Bertz CT molecular complexity index is 980. The van der Waals surface area contributed by atoms with Crippen molar-refractivity contribution < 1.29 is 28.6 Å². The first-order valence-corrected chi connectivity index (χ1v) is 29.4. The van der Waals surface area contributed by atoms with Crippen LogP contribution < -0.4 is 0 Å². The maximum atomic E-state index is 12.8. The Balaban J connectivity index is 4.27. The zero-order valence-corrected chi connectivity index (χ0v) is 44.5. The monoisotopic (exact) mass is 919 g/mol. The minimum absolute atomic E-state index is 0.0619. The lowest BCUT2D eigenvalue weighted by Crippen LogP contribution is -2.30. The van der Waals surface area contributed by atoms with E-state index in [0.29, 0.717) is 19.3 Å². The highest BCUT2D eigenvalue weighted by Crippen LogP contribution is 2.18. The van der Waals surface area contributed by atoms with Crippen LogP contribution in [0.2, 0.25) is 0 Å². The van der Waals surface area contributed by atoms with Crippen LogP contribution in [0.3, 0.4) is 0 Å². The molecule has 0 aliphatic heterocycles. The predicted molar refractivity (Wildman–Crippen MR) is 280 cm³/mol. The molecule has 0 unspecified atom stereocenters. The van der Waals surface area contributed by atoms with E-state index in [1.807, 2.05) is 0 Å². The molecule has 0 rings (SSSR count). The number of esters is 3. The van der Waals surface area contributed by atoms with E-state index in [0.717, 1.165) is 63.7 Å². The van der Waals surface area contributed by atoms with E-state index in [1.54, 1.807) is 0 Å². The average Bonchev–Trinajstić information content (AvgIpc) is 3.29. The third kappa shape index (κ3) is 53.2. The van der Waals surface area contributed by atoms with E-state index >= 15 is 0 Å². The number of ether oxygens (including phenoxy) is 3. The molecule has 6 heteroatoms. The fraction of sp³-hybridized carbons (Fsp3) is 0.949. The van der Waals surface area contributed by atoms with Gasteiger partial charge >= 0.3 is 17.9 Å². The van der Waals surface area contributed by atoms with Crippen LogP contribution in [0.5, 0.6) is 0 Å². The van der Waals surface area contributed by atoms with E-state index < -0.39 is 6.10 Å². The summed E-state index contributed by atoms with van der Waals surface area (Å²) in [5, 5.41) is 0. The number of hydrogen-bond acceptors (Lipinski definition) is 6. The smallest absolute Gasteiger partial charge is 0.306 e. The molecule has 386 valence electrons. The summed E-state index contributed by atoms with van der Waals surface area (Å²) < 4.78 is 16.9. The molecule has 0 bridgehead atoms. The zero-order chi connectivity index (χ0) is 47.4. The van der Waals surface area contributed by atoms with Crippen LogP contribution >= 0.6 is 0 Å². The van der Waals surface area contributed by atoms with Crippen molar-refractivity contribution in [3.05, 3.63) is 0 Å². The zero-order valence-electron chi connectivity index (χ0n) is 44.5. The van der Waals surface area contributed by atoms with Gasteiger partial charge in [0.15, 0.2) is 6.10 Å². The van der Waals surface area contributed by atoms with E-state index in [1.165, 1.54) is 231 Å². The molecule has 0 aromatic heterocycles. The summed E-state index contributed by atoms with van der Waals surface area (Å²) in [6.07, 6.45) is 58.1. The highest BCUT2D eigenvalue weighted by molar-refractivity contribution is 5.71. The third-order valence-corrected chi connectivity index (χ3v) is 13.5. The first kappa shape index (κ1) is 63.4. The van der Waals surface area contributed by atoms with Crippen LogP contribution in [-0.2, 0) is 28.6 Å². The Hall–Kier alpha value is -1.59. The lowest BCUT2D eigenvalue weighted by Gasteiger charge is -2.18. The molecule has 0 N–H and O–H groups in total. The van der Waals surface area contributed by atoms with Crippen molar-refractivity contribution in [1.29, 1.82) is 0 Å². The Labute approximate surface area is 406 Å². The summed E-state index contributed by atoms with van der Waals surface area (Å²) in [5.41, 5.74) is 0. The predicted octanol–water partition coefficient (Wildman–Crippen LogP) is 19.4. The lowest BCUT2D eigenvalue weighted by atomic mass is 10.0. The average molecular weight is 920 g/mol. The van der Waals surface area contributed by atoms with Crippen LogP contribution in [0.25, 0.3) is 0 Å². The van der Waals surface area contributed by atoms with Crippen molar-refractivity contribution in [2.75, 3.05) is 13.2 Å². The fourth-order valence-electron chi connectivity index (χ4n) is 9.10. The van der Waals surface area contributed by atoms with E-state index in [-0.39, 0.29) is 31.1 Å². The van der Waals surface area contributed by atoms with Crippen molar-refractivity contribution in [2.24, 2.45) is 5.92 Å². The molecule has 0 aliphatic carbocycles. The molecule has 0 saturated carbocycles. The number of hydrogen-bond donors (Lipinski definition) is 0. The molecule has 6 nitrogen and oxygen atoms in total. The van der Waals surface area contributed by atoms with Crippen LogP contribution in [0.1, 0.15) is 336 Å². The fourth-order valence-corrected chi connectivity index (χ4v) is 9.10. The van der Waals surface area contributed by atoms with Crippen LogP contribution in [0.15, 0.2) is 0 Å². The van der Waals surface area contributed by atoms with Gasteiger partial charge < -0.3 is 14.2 Å². The largest absolute Gasteiger partial charge is 0.462 e. The van der Waals surface area contributed by atoms with Crippen molar-refractivity contribution in [2.45, 2.75) is 342 Å². The Morgan fingerprint density at radius 2 is 0.508 bits per heavy atom. The Kier molecular flexibility index (Phi) is 52.1. The van der Waals surface area contributed by atoms with Crippen LogP contribution in [0, 0.1) is 5.92 Å². The minimum atomic E-state index is -0.762. The van der Waals surface area contributed by atoms with Gasteiger partial charge in [-0.15, -0.1) is 0 Å². The van der Waals surface area contributed by atoms with E-state index in [2.05, 4.69) is 27.7 Å². The van der Waals surface area contributed by atoms with Gasteiger partial charge in [-0.25, -0.2) is 0 Å². The van der Waals surface area contributed by atoms with Gasteiger partial charge in [-0.3, -0.25) is 14.4 Å². The Morgan fingerprint density at radius 1 is 0.292 bits per heavy atom. The molecule has 0 aliphatic rings. The van der Waals surface area contributed by atoms with Gasteiger partial charge in [0.25, 0.3) is 0 Å². The topological polar surface area (TPSA) is 78.9 Å². The first-order valence-electron chi connectivity index (χ1n) is 29.4. The molecular formula is C59H114O6. The minimum Gasteiger partial charge on any atom is -0.462 e. The number of carbonyl (C=O) groups excluding carboxylic acids is 3. The number of unbranched alkanes of at least 4 members (excludes halogenated alkanes) is 41. The highest BCUT2D eigenvalue weighted by Gasteiger charge is 2.19. The van der Waals surface area contributed by atoms with Gasteiger partial charge in [0.1, 0.15) is 13.2 Å². The summed E-state index contributed by atoms with van der Waals surface area (Å²) >= 11 is 0. The van der Waals surface area contributed by atoms with Gasteiger partial charge in [-0.05, 0) is 25.2 Å². The summed E-state index contributed by atoms with van der Waals surface area (Å²) in [4.78, 5) is 38.1. The summed E-state index contributed by atoms with van der Waals surface area (Å²) in [7, 11) is 0. The molecule has 0 fully saturated rings. The van der Waals surface area contributed by atoms with Crippen molar-refractivity contribution >= 4 is 17.9 Å². The molecule has 0 amide bonds. The van der Waals surface area contributed by atoms with Gasteiger partial charge in [-0.1, -0.05) is 297 Å². The SMILES string of the molecule is CCCCCCCCCCCCCCCCCCCCCC(=O)OC[C@@H](COC(=O)CCCCCCCCCCCCCCCC)OC(=O)CCCCCCCCCCCCCC(C)C. The molecule has 0 heterocycles. The maximum absolute atomic E-state index is 12.8.